The molecule has 2 unspecified atom stereocenters. The Morgan fingerprint density at radius 3 is 2.54 bits per heavy atom. The number of ether oxygens (including phenoxy) is 3. The number of anilines is 1. The third kappa shape index (κ3) is 9.99. The molecule has 37 heavy (non-hydrogen) atoms. The van der Waals surface area contributed by atoms with Crippen LogP contribution in [0.3, 0.4) is 0 Å². The molecule has 3 rings (SSSR count). The number of rotatable bonds is 14. The van der Waals surface area contributed by atoms with Crippen LogP contribution in [0.5, 0.6) is 0 Å². The number of carbonyl (C=O) groups excluding carboxylic acids is 2. The van der Waals surface area contributed by atoms with Crippen LogP contribution in [0, 0.1) is 0 Å². The van der Waals surface area contributed by atoms with Gasteiger partial charge in [0.25, 0.3) is 0 Å². The van der Waals surface area contributed by atoms with Crippen LogP contribution in [0.15, 0.2) is 12.7 Å². The average Bonchev–Trinajstić information content (AvgIpc) is 3.24. The highest BCUT2D eigenvalue weighted by Gasteiger charge is 2.27. The molecule has 208 valence electrons. The fraction of sp³-hybridized carbons (Fsp3) is 0.696. The van der Waals surface area contributed by atoms with Crippen LogP contribution in [0.4, 0.5) is 5.82 Å². The highest BCUT2D eigenvalue weighted by molar-refractivity contribution is 7.59. The van der Waals surface area contributed by atoms with Crippen LogP contribution >= 0.6 is 7.44 Å². The standard InChI is InChI=1S/C21H34N7O6P.C2H6/c1-14(2)33-17(29)7-8-26-35(31,27-9-18(30)34-16-5-4-6-16)13-32-15(3)10-28-12-25-19-20(22)23-11-24-21(19)28;1-2/h11-12,14-16H,4-10,13H2,1-3H3,(H2,22,23,24)(H2,26,27,31);1-2H3. The van der Waals surface area contributed by atoms with Gasteiger partial charge in [0, 0.05) is 6.54 Å². The van der Waals surface area contributed by atoms with E-state index in [0.29, 0.717) is 17.7 Å². The molecule has 2 aromatic heterocycles. The summed E-state index contributed by atoms with van der Waals surface area (Å²) in [6.45, 7) is 9.54. The number of nitrogens with one attached hydrogen (secondary N) is 2. The molecule has 0 radical (unpaired) electrons. The fourth-order valence-corrected chi connectivity index (χ4v) is 4.93. The summed E-state index contributed by atoms with van der Waals surface area (Å²) >= 11 is 0. The van der Waals surface area contributed by atoms with Crippen molar-refractivity contribution in [1.82, 2.24) is 29.7 Å². The zero-order chi connectivity index (χ0) is 27.4. The van der Waals surface area contributed by atoms with Crippen molar-refractivity contribution in [2.24, 2.45) is 0 Å². The molecule has 14 heteroatoms. The number of aromatic nitrogens is 4. The van der Waals surface area contributed by atoms with Crippen LogP contribution < -0.4 is 15.9 Å². The predicted octanol–water partition coefficient (Wildman–Crippen LogP) is 2.61. The summed E-state index contributed by atoms with van der Waals surface area (Å²) in [5.41, 5.74) is 6.89. The van der Waals surface area contributed by atoms with Crippen molar-refractivity contribution < 1.29 is 28.4 Å². The van der Waals surface area contributed by atoms with E-state index >= 15 is 0 Å². The van der Waals surface area contributed by atoms with Crippen molar-refractivity contribution in [2.75, 3.05) is 25.2 Å². The Hall–Kier alpha value is -2.60. The first-order chi connectivity index (χ1) is 17.6. The van der Waals surface area contributed by atoms with E-state index in [9.17, 15) is 14.2 Å². The maximum absolute atomic E-state index is 13.5. The molecule has 0 bridgehead atoms. The molecule has 0 aromatic carbocycles. The lowest BCUT2D eigenvalue weighted by Crippen LogP contribution is -2.35. The number of nitrogens with zero attached hydrogens (tertiary/aromatic N) is 4. The number of hydrogen-bond acceptors (Lipinski definition) is 10. The molecule has 2 heterocycles. The normalized spacial score (nSPS) is 15.8. The number of esters is 2. The highest BCUT2D eigenvalue weighted by atomic mass is 31.2. The van der Waals surface area contributed by atoms with Gasteiger partial charge in [-0.1, -0.05) is 13.8 Å². The summed E-state index contributed by atoms with van der Waals surface area (Å²) in [6.07, 6.45) is 4.79. The fourth-order valence-electron chi connectivity index (χ4n) is 3.31. The van der Waals surface area contributed by atoms with Gasteiger partial charge in [-0.2, -0.15) is 0 Å². The first-order valence-electron chi connectivity index (χ1n) is 12.7. The second kappa shape index (κ2) is 15.0. The van der Waals surface area contributed by atoms with E-state index in [0.717, 1.165) is 19.3 Å². The Morgan fingerprint density at radius 2 is 1.89 bits per heavy atom. The lowest BCUT2D eigenvalue weighted by Gasteiger charge is -2.26. The molecule has 1 aliphatic carbocycles. The minimum atomic E-state index is -3.40. The summed E-state index contributed by atoms with van der Waals surface area (Å²) in [5.74, 6) is -0.609. The molecule has 4 N–H and O–H groups in total. The molecule has 0 amide bonds. The van der Waals surface area contributed by atoms with Gasteiger partial charge in [0.05, 0.1) is 31.5 Å². The SMILES string of the molecule is CC.CC(C)OC(=O)CCNP(=O)(COC(C)Cn1cnc2c(N)ncnc21)NCC(=O)OC1CCC1. The minimum Gasteiger partial charge on any atom is -0.463 e. The maximum Gasteiger partial charge on any atom is 0.320 e. The first kappa shape index (κ1) is 30.6. The van der Waals surface area contributed by atoms with Crippen molar-refractivity contribution >= 4 is 36.4 Å². The summed E-state index contributed by atoms with van der Waals surface area (Å²) < 4.78 is 31.5. The van der Waals surface area contributed by atoms with Gasteiger partial charge in [0.1, 0.15) is 30.8 Å². The van der Waals surface area contributed by atoms with Crippen LogP contribution in [-0.2, 0) is 34.9 Å². The first-order valence-corrected chi connectivity index (χ1v) is 14.6. The molecule has 2 aromatic rings. The average molecular weight is 542 g/mol. The lowest BCUT2D eigenvalue weighted by molar-refractivity contribution is -0.151. The van der Waals surface area contributed by atoms with Crippen LogP contribution in [0.2, 0.25) is 0 Å². The Bertz CT molecular complexity index is 1060. The second-order valence-corrected chi connectivity index (χ2v) is 11.1. The van der Waals surface area contributed by atoms with Crippen LogP contribution in [0.25, 0.3) is 11.2 Å². The topological polar surface area (TPSA) is 173 Å². The Labute approximate surface area is 217 Å². The van der Waals surface area contributed by atoms with Gasteiger partial charge in [-0.25, -0.2) is 20.0 Å². The van der Waals surface area contributed by atoms with Crippen molar-refractivity contribution in [3.05, 3.63) is 12.7 Å². The molecule has 0 saturated heterocycles. The van der Waals surface area contributed by atoms with E-state index in [-0.39, 0.29) is 50.0 Å². The van der Waals surface area contributed by atoms with Gasteiger partial charge in [-0.3, -0.25) is 19.2 Å². The lowest BCUT2D eigenvalue weighted by atomic mass is 9.96. The van der Waals surface area contributed by atoms with E-state index in [2.05, 4.69) is 25.1 Å². The third-order valence-electron chi connectivity index (χ3n) is 5.32. The van der Waals surface area contributed by atoms with Gasteiger partial charge in [-0.05, 0) is 40.0 Å². The van der Waals surface area contributed by atoms with E-state index in [1.165, 1.54) is 6.33 Å². The van der Waals surface area contributed by atoms with E-state index < -0.39 is 19.4 Å². The number of fused-ring (bicyclic) bond motifs is 1. The molecule has 0 aliphatic heterocycles. The summed E-state index contributed by atoms with van der Waals surface area (Å²) in [7, 11) is -3.40. The highest BCUT2D eigenvalue weighted by Crippen LogP contribution is 2.36. The predicted molar refractivity (Wildman–Crippen MR) is 140 cm³/mol. The summed E-state index contributed by atoms with van der Waals surface area (Å²) in [5, 5.41) is 5.59. The number of imidazole rings is 1. The Balaban J connectivity index is 0.00000235. The molecule has 13 nitrogen and oxygen atoms in total. The van der Waals surface area contributed by atoms with Crippen molar-refractivity contribution in [2.45, 2.75) is 85.2 Å². The van der Waals surface area contributed by atoms with E-state index in [1.807, 2.05) is 20.8 Å². The Kier molecular flexibility index (Phi) is 12.4. The monoisotopic (exact) mass is 541 g/mol. The number of hydrogen-bond donors (Lipinski definition) is 3. The van der Waals surface area contributed by atoms with Crippen molar-refractivity contribution in [3.63, 3.8) is 0 Å². The van der Waals surface area contributed by atoms with E-state index in [1.54, 1.807) is 24.7 Å². The molecule has 1 aliphatic rings. The van der Waals surface area contributed by atoms with E-state index in [4.69, 9.17) is 19.9 Å². The largest absolute Gasteiger partial charge is 0.463 e. The minimum absolute atomic E-state index is 0.0219. The molecule has 0 spiro atoms. The summed E-state index contributed by atoms with van der Waals surface area (Å²) in [4.78, 5) is 36.3. The second-order valence-electron chi connectivity index (χ2n) is 8.75. The molecular weight excluding hydrogens is 501 g/mol. The quantitative estimate of drug-likeness (QED) is 0.236. The molecule has 1 fully saturated rings. The van der Waals surface area contributed by atoms with Crippen molar-refractivity contribution in [1.29, 1.82) is 0 Å². The molecular formula is C23H40N7O6P. The van der Waals surface area contributed by atoms with Gasteiger partial charge in [0.2, 0.25) is 7.44 Å². The summed E-state index contributed by atoms with van der Waals surface area (Å²) in [6, 6.07) is 0. The van der Waals surface area contributed by atoms with Gasteiger partial charge in [-0.15, -0.1) is 0 Å². The molecule has 2 atom stereocenters. The van der Waals surface area contributed by atoms with Crippen LogP contribution in [-0.4, -0.2) is 69.2 Å². The number of carbonyl (C=O) groups is 2. The smallest absolute Gasteiger partial charge is 0.320 e. The maximum atomic E-state index is 13.5. The zero-order valence-electron chi connectivity index (χ0n) is 22.3. The van der Waals surface area contributed by atoms with Gasteiger partial charge in [0.15, 0.2) is 11.5 Å². The van der Waals surface area contributed by atoms with Crippen molar-refractivity contribution in [3.8, 4) is 0 Å². The third-order valence-corrected chi connectivity index (χ3v) is 7.23. The number of nitrogens with two attached hydrogens (primary N) is 1. The zero-order valence-corrected chi connectivity index (χ0v) is 23.2. The van der Waals surface area contributed by atoms with Gasteiger partial charge < -0.3 is 24.5 Å². The molecule has 1 saturated carbocycles. The number of nitrogen functional groups attached to an aromatic ring is 1. The van der Waals surface area contributed by atoms with Crippen LogP contribution in [0.1, 0.15) is 60.3 Å². The van der Waals surface area contributed by atoms with Gasteiger partial charge >= 0.3 is 11.9 Å². The Morgan fingerprint density at radius 1 is 1.16 bits per heavy atom.